The molecule has 0 saturated carbocycles. The normalized spacial score (nSPS) is 15.8. The first-order chi connectivity index (χ1) is 9.78. The predicted octanol–water partition coefficient (Wildman–Crippen LogP) is 2.62. The van der Waals surface area contributed by atoms with Crippen LogP contribution in [0.25, 0.3) is 0 Å². The van der Waals surface area contributed by atoms with Gasteiger partial charge in [0.25, 0.3) is 0 Å². The van der Waals surface area contributed by atoms with E-state index in [1.165, 1.54) is 4.88 Å². The summed E-state index contributed by atoms with van der Waals surface area (Å²) in [6.45, 7) is 4.28. The molecule has 2 aromatic heterocycles. The maximum absolute atomic E-state index is 12.4. The van der Waals surface area contributed by atoms with E-state index in [4.69, 9.17) is 0 Å². The number of fused-ring (bicyclic) bond motifs is 1. The average molecular weight is 290 g/mol. The van der Waals surface area contributed by atoms with Crippen molar-refractivity contribution in [3.05, 3.63) is 40.6 Å². The largest absolute Gasteiger partial charge is 0.331 e. The first-order valence-corrected chi connectivity index (χ1v) is 7.73. The van der Waals surface area contributed by atoms with Gasteiger partial charge in [-0.3, -0.25) is 0 Å². The number of thiophene rings is 1. The molecule has 1 aliphatic heterocycles. The summed E-state index contributed by atoms with van der Waals surface area (Å²) in [5.74, 6) is 0. The number of rotatable bonds is 3. The molecule has 5 nitrogen and oxygen atoms in total. The molecule has 0 radical (unpaired) electrons. The lowest BCUT2D eigenvalue weighted by Gasteiger charge is -2.29. The van der Waals surface area contributed by atoms with Gasteiger partial charge in [0.2, 0.25) is 0 Å². The molecule has 6 heteroatoms. The zero-order valence-corrected chi connectivity index (χ0v) is 12.3. The minimum Gasteiger partial charge on any atom is -0.331 e. The van der Waals surface area contributed by atoms with Crippen LogP contribution in [0.3, 0.4) is 0 Å². The summed E-state index contributed by atoms with van der Waals surface area (Å²) in [7, 11) is 0. The molecule has 0 saturated heterocycles. The van der Waals surface area contributed by atoms with Crippen molar-refractivity contribution in [3.63, 3.8) is 0 Å². The molecule has 3 heterocycles. The first kappa shape index (κ1) is 13.2. The number of imidazole rings is 1. The Labute approximate surface area is 122 Å². The monoisotopic (exact) mass is 290 g/mol. The molecular formula is C14H18N4OS. The molecular weight excluding hydrogens is 272 g/mol. The molecule has 0 aromatic carbocycles. The zero-order chi connectivity index (χ0) is 13.9. The highest BCUT2D eigenvalue weighted by Crippen LogP contribution is 2.22. The van der Waals surface area contributed by atoms with E-state index >= 15 is 0 Å². The van der Waals surface area contributed by atoms with Crippen LogP contribution in [0.2, 0.25) is 0 Å². The van der Waals surface area contributed by atoms with Gasteiger partial charge in [-0.15, -0.1) is 11.3 Å². The van der Waals surface area contributed by atoms with Crippen LogP contribution in [0.5, 0.6) is 0 Å². The van der Waals surface area contributed by atoms with Crippen molar-refractivity contribution in [3.8, 4) is 0 Å². The fourth-order valence-electron chi connectivity index (χ4n) is 2.46. The Bertz CT molecular complexity index is 578. The maximum atomic E-state index is 12.4. The Morgan fingerprint density at radius 3 is 3.20 bits per heavy atom. The van der Waals surface area contributed by atoms with Gasteiger partial charge >= 0.3 is 6.03 Å². The lowest BCUT2D eigenvalue weighted by atomic mass is 10.2. The summed E-state index contributed by atoms with van der Waals surface area (Å²) in [5, 5.41) is 5.17. The van der Waals surface area contributed by atoms with Gasteiger partial charge in [-0.25, -0.2) is 9.78 Å². The van der Waals surface area contributed by atoms with Crippen molar-refractivity contribution in [2.75, 3.05) is 6.54 Å². The van der Waals surface area contributed by atoms with Crippen LogP contribution in [0.15, 0.2) is 30.0 Å². The van der Waals surface area contributed by atoms with Gasteiger partial charge in [0.05, 0.1) is 24.6 Å². The minimum absolute atomic E-state index is 0.0118. The van der Waals surface area contributed by atoms with Crippen molar-refractivity contribution >= 4 is 17.4 Å². The number of nitrogens with zero attached hydrogens (tertiary/aromatic N) is 3. The van der Waals surface area contributed by atoms with Crippen molar-refractivity contribution < 1.29 is 4.79 Å². The highest BCUT2D eigenvalue weighted by molar-refractivity contribution is 7.10. The molecule has 2 aromatic rings. The quantitative estimate of drug-likeness (QED) is 0.944. The van der Waals surface area contributed by atoms with E-state index in [1.54, 1.807) is 11.3 Å². The molecule has 1 aliphatic rings. The molecule has 1 atom stereocenters. The second-order valence-electron chi connectivity index (χ2n) is 4.93. The number of nitrogens with one attached hydrogen (secondary N) is 1. The van der Waals surface area contributed by atoms with Crippen LogP contribution in [-0.4, -0.2) is 27.0 Å². The summed E-state index contributed by atoms with van der Waals surface area (Å²) in [5.41, 5.74) is 1.09. The molecule has 0 aliphatic carbocycles. The fourth-order valence-corrected chi connectivity index (χ4v) is 3.32. The molecule has 3 rings (SSSR count). The van der Waals surface area contributed by atoms with E-state index < -0.39 is 0 Å². The highest BCUT2D eigenvalue weighted by atomic mass is 32.1. The van der Waals surface area contributed by atoms with E-state index in [9.17, 15) is 4.79 Å². The third-order valence-corrected chi connectivity index (χ3v) is 4.63. The van der Waals surface area contributed by atoms with Gasteiger partial charge in [-0.1, -0.05) is 13.0 Å². The van der Waals surface area contributed by atoms with Crippen LogP contribution < -0.4 is 5.32 Å². The van der Waals surface area contributed by atoms with Crippen molar-refractivity contribution in [1.82, 2.24) is 19.8 Å². The third kappa shape index (κ3) is 2.56. The fraction of sp³-hybridized carbons (Fsp3) is 0.429. The van der Waals surface area contributed by atoms with E-state index in [0.29, 0.717) is 6.54 Å². The number of hydrogen-bond acceptors (Lipinski definition) is 3. The second kappa shape index (κ2) is 5.66. The Morgan fingerprint density at radius 1 is 1.55 bits per heavy atom. The molecule has 20 heavy (non-hydrogen) atoms. The summed E-state index contributed by atoms with van der Waals surface area (Å²) >= 11 is 1.69. The smallest absolute Gasteiger partial charge is 0.318 e. The zero-order valence-electron chi connectivity index (χ0n) is 11.5. The van der Waals surface area contributed by atoms with E-state index in [0.717, 1.165) is 25.2 Å². The van der Waals surface area contributed by atoms with Gasteiger partial charge in [0, 0.05) is 24.2 Å². The highest BCUT2D eigenvalue weighted by Gasteiger charge is 2.23. The van der Waals surface area contributed by atoms with Crippen LogP contribution in [-0.2, 0) is 13.1 Å². The molecule has 0 spiro atoms. The van der Waals surface area contributed by atoms with Crippen LogP contribution in [0.1, 0.15) is 30.0 Å². The molecule has 1 unspecified atom stereocenters. The standard InChI is InChI=1S/C14H18N4OS/c1-2-12(13-4-3-7-20-13)16-14(19)17-5-6-18-10-15-8-11(18)9-17/h3-4,7-8,10,12H,2,5-6,9H2,1H3,(H,16,19). The van der Waals surface area contributed by atoms with E-state index in [-0.39, 0.29) is 12.1 Å². The maximum Gasteiger partial charge on any atom is 0.318 e. The summed E-state index contributed by atoms with van der Waals surface area (Å²) in [6, 6.07) is 4.21. The van der Waals surface area contributed by atoms with Gasteiger partial charge in [-0.2, -0.15) is 0 Å². The van der Waals surface area contributed by atoms with Crippen LogP contribution >= 0.6 is 11.3 Å². The van der Waals surface area contributed by atoms with E-state index in [1.807, 2.05) is 28.9 Å². The third-order valence-electron chi connectivity index (χ3n) is 3.64. The Morgan fingerprint density at radius 2 is 2.45 bits per heavy atom. The molecule has 1 N–H and O–H groups in total. The minimum atomic E-state index is 0.0118. The van der Waals surface area contributed by atoms with Crippen LogP contribution in [0, 0.1) is 0 Å². The summed E-state index contributed by atoms with van der Waals surface area (Å²) in [6.07, 6.45) is 4.55. The summed E-state index contributed by atoms with van der Waals surface area (Å²) < 4.78 is 2.10. The number of aromatic nitrogens is 2. The Kier molecular flexibility index (Phi) is 3.73. The number of hydrogen-bond donors (Lipinski definition) is 1. The second-order valence-corrected chi connectivity index (χ2v) is 5.90. The van der Waals surface area contributed by atoms with Gasteiger partial charge in [-0.05, 0) is 17.9 Å². The molecule has 2 amide bonds. The van der Waals surface area contributed by atoms with Crippen LogP contribution in [0.4, 0.5) is 4.79 Å². The Hall–Kier alpha value is -1.82. The van der Waals surface area contributed by atoms with Crippen molar-refractivity contribution in [1.29, 1.82) is 0 Å². The topological polar surface area (TPSA) is 50.2 Å². The molecule has 106 valence electrons. The SMILES string of the molecule is CCC(NC(=O)N1CCn2cncc2C1)c1cccs1. The average Bonchev–Trinajstić information content (AvgIpc) is 3.14. The number of carbonyl (C=O) groups is 1. The van der Waals surface area contributed by atoms with Gasteiger partial charge in [0.1, 0.15) is 0 Å². The molecule has 0 bridgehead atoms. The molecule has 0 fully saturated rings. The summed E-state index contributed by atoms with van der Waals surface area (Å²) in [4.78, 5) is 19.6. The lowest BCUT2D eigenvalue weighted by molar-refractivity contribution is 0.179. The first-order valence-electron chi connectivity index (χ1n) is 6.85. The number of amides is 2. The van der Waals surface area contributed by atoms with Crippen molar-refractivity contribution in [2.24, 2.45) is 0 Å². The lowest BCUT2D eigenvalue weighted by Crippen LogP contribution is -2.44. The van der Waals surface area contributed by atoms with E-state index in [2.05, 4.69) is 27.9 Å². The Balaban J connectivity index is 1.65. The predicted molar refractivity (Wildman–Crippen MR) is 78.5 cm³/mol. The van der Waals surface area contributed by atoms with Gasteiger partial charge in [0.15, 0.2) is 0 Å². The number of urea groups is 1. The number of carbonyl (C=O) groups excluding carboxylic acids is 1. The van der Waals surface area contributed by atoms with Crippen molar-refractivity contribution in [2.45, 2.75) is 32.5 Å². The van der Waals surface area contributed by atoms with Gasteiger partial charge < -0.3 is 14.8 Å².